The Morgan fingerprint density at radius 3 is 2.88 bits per heavy atom. The fraction of sp³-hybridized carbons (Fsp3) is 0.350. The van der Waals surface area contributed by atoms with Gasteiger partial charge in [-0.05, 0) is 51.1 Å². The number of piperidine rings is 1. The maximum atomic E-state index is 10.4. The van der Waals surface area contributed by atoms with Gasteiger partial charge in [0.1, 0.15) is 11.4 Å². The molecule has 1 aliphatic rings. The number of anilines is 1. The molecule has 2 N–H and O–H groups in total. The largest absolute Gasteiger partial charge is 0.507 e. The van der Waals surface area contributed by atoms with Crippen LogP contribution in [0.3, 0.4) is 0 Å². The number of aryl methyl sites for hydroxylation is 1. The fourth-order valence-corrected chi connectivity index (χ4v) is 3.73. The lowest BCUT2D eigenvalue weighted by Crippen LogP contribution is -2.40. The fourth-order valence-electron chi connectivity index (χ4n) is 3.73. The molecule has 6 heteroatoms. The molecular weight excluding hydrogens is 326 g/mol. The molecule has 0 bridgehead atoms. The van der Waals surface area contributed by atoms with Gasteiger partial charge in [0.15, 0.2) is 5.82 Å². The second-order valence-electron chi connectivity index (χ2n) is 7.03. The van der Waals surface area contributed by atoms with Crippen LogP contribution in [0.15, 0.2) is 36.7 Å². The van der Waals surface area contributed by atoms with Crippen LogP contribution in [0.4, 0.5) is 5.82 Å². The molecule has 0 radical (unpaired) electrons. The third-order valence-corrected chi connectivity index (χ3v) is 5.03. The van der Waals surface area contributed by atoms with E-state index < -0.39 is 0 Å². The van der Waals surface area contributed by atoms with E-state index in [2.05, 4.69) is 32.4 Å². The van der Waals surface area contributed by atoms with E-state index in [0.29, 0.717) is 11.7 Å². The van der Waals surface area contributed by atoms with E-state index in [9.17, 15) is 5.11 Å². The molecule has 0 saturated carbocycles. The Balaban J connectivity index is 1.79. The molecule has 1 aliphatic heterocycles. The predicted molar refractivity (Wildman–Crippen MR) is 103 cm³/mol. The first-order chi connectivity index (χ1) is 12.6. The van der Waals surface area contributed by atoms with E-state index in [4.69, 9.17) is 0 Å². The van der Waals surface area contributed by atoms with Crippen LogP contribution in [0.25, 0.3) is 22.0 Å². The number of nitrogens with one attached hydrogen (secondary N) is 1. The summed E-state index contributed by atoms with van der Waals surface area (Å²) in [7, 11) is 2.14. The Morgan fingerprint density at radius 1 is 1.19 bits per heavy atom. The van der Waals surface area contributed by atoms with Gasteiger partial charge in [-0.3, -0.25) is 4.98 Å². The summed E-state index contributed by atoms with van der Waals surface area (Å²) in [6.07, 6.45) is 5.86. The number of rotatable bonds is 3. The SMILES string of the molecule is Cc1cccc(O)c1-c1nnc(N[C@@H]2CCCN(C)C2)c2cnccc12. The zero-order valence-electron chi connectivity index (χ0n) is 15.1. The van der Waals surface area contributed by atoms with Gasteiger partial charge in [-0.25, -0.2) is 0 Å². The summed E-state index contributed by atoms with van der Waals surface area (Å²) in [5.74, 6) is 0.970. The number of likely N-dealkylation sites (tertiary alicyclic amines) is 1. The summed E-state index contributed by atoms with van der Waals surface area (Å²) in [4.78, 5) is 6.61. The molecule has 0 amide bonds. The van der Waals surface area contributed by atoms with E-state index in [1.807, 2.05) is 31.3 Å². The topological polar surface area (TPSA) is 74.2 Å². The summed E-state index contributed by atoms with van der Waals surface area (Å²) < 4.78 is 0. The first-order valence-electron chi connectivity index (χ1n) is 8.98. The van der Waals surface area contributed by atoms with Gasteiger partial charge in [-0.15, -0.1) is 10.2 Å². The Bertz CT molecular complexity index is 922. The molecule has 4 rings (SSSR count). The van der Waals surface area contributed by atoms with Gasteiger partial charge in [0.25, 0.3) is 0 Å². The number of nitrogens with zero attached hydrogens (tertiary/aromatic N) is 4. The van der Waals surface area contributed by atoms with Crippen LogP contribution in [-0.2, 0) is 0 Å². The van der Waals surface area contributed by atoms with Crippen LogP contribution in [0.5, 0.6) is 5.75 Å². The van der Waals surface area contributed by atoms with Crippen molar-refractivity contribution in [1.29, 1.82) is 0 Å². The van der Waals surface area contributed by atoms with E-state index >= 15 is 0 Å². The van der Waals surface area contributed by atoms with Gasteiger partial charge in [0.2, 0.25) is 0 Å². The lowest BCUT2D eigenvalue weighted by atomic mass is 10.0. The molecule has 1 fully saturated rings. The number of phenolic OH excluding ortho intramolecular Hbond substituents is 1. The Labute approximate surface area is 152 Å². The zero-order chi connectivity index (χ0) is 18.1. The summed E-state index contributed by atoms with van der Waals surface area (Å²) in [5, 5.41) is 24.7. The van der Waals surface area contributed by atoms with Crippen molar-refractivity contribution in [3.8, 4) is 17.0 Å². The van der Waals surface area contributed by atoms with Crippen LogP contribution >= 0.6 is 0 Å². The number of hydrogen-bond acceptors (Lipinski definition) is 6. The van der Waals surface area contributed by atoms with Gasteiger partial charge >= 0.3 is 0 Å². The highest BCUT2D eigenvalue weighted by molar-refractivity contribution is 6.00. The van der Waals surface area contributed by atoms with Gasteiger partial charge in [-0.2, -0.15) is 0 Å². The summed E-state index contributed by atoms with van der Waals surface area (Å²) >= 11 is 0. The first kappa shape index (κ1) is 16.7. The molecule has 134 valence electrons. The maximum absolute atomic E-state index is 10.4. The number of aromatic hydroxyl groups is 1. The predicted octanol–water partition coefficient (Wildman–Crippen LogP) is 3.21. The quantitative estimate of drug-likeness (QED) is 0.756. The number of aromatic nitrogens is 3. The molecule has 3 aromatic rings. The standard InChI is InChI=1S/C20H23N5O/c1-13-5-3-7-17(26)18(13)19-15-8-9-21-11-16(15)20(24-23-19)22-14-6-4-10-25(2)12-14/h3,5,7-9,11,14,26H,4,6,10,12H2,1-2H3,(H,22,24)/t14-/m1/s1. The minimum absolute atomic E-state index is 0.215. The number of benzene rings is 1. The minimum Gasteiger partial charge on any atom is -0.507 e. The molecule has 0 aliphatic carbocycles. The normalized spacial score (nSPS) is 18.2. The Hall–Kier alpha value is -2.73. The van der Waals surface area contributed by atoms with Gasteiger partial charge in [-0.1, -0.05) is 12.1 Å². The minimum atomic E-state index is 0.215. The summed E-state index contributed by atoms with van der Waals surface area (Å²) in [5.41, 5.74) is 2.37. The lowest BCUT2D eigenvalue weighted by Gasteiger charge is -2.30. The average Bonchev–Trinajstić information content (AvgIpc) is 2.63. The van der Waals surface area contributed by atoms with Crippen molar-refractivity contribution >= 4 is 16.6 Å². The van der Waals surface area contributed by atoms with E-state index in [0.717, 1.165) is 47.2 Å². The Kier molecular flexibility index (Phi) is 4.42. The summed E-state index contributed by atoms with van der Waals surface area (Å²) in [6.45, 7) is 4.09. The van der Waals surface area contributed by atoms with Gasteiger partial charge < -0.3 is 15.3 Å². The van der Waals surface area contributed by atoms with Crippen LogP contribution in [0.2, 0.25) is 0 Å². The van der Waals surface area contributed by atoms with Crippen molar-refractivity contribution in [2.45, 2.75) is 25.8 Å². The van der Waals surface area contributed by atoms with Gasteiger partial charge in [0, 0.05) is 41.3 Å². The molecule has 6 nitrogen and oxygen atoms in total. The van der Waals surface area contributed by atoms with Crippen LogP contribution in [0.1, 0.15) is 18.4 Å². The number of likely N-dealkylation sites (N-methyl/N-ethyl adjacent to an activating group) is 1. The van der Waals surface area contributed by atoms with Crippen molar-refractivity contribution in [3.05, 3.63) is 42.2 Å². The van der Waals surface area contributed by atoms with Crippen LogP contribution < -0.4 is 5.32 Å². The molecule has 26 heavy (non-hydrogen) atoms. The Morgan fingerprint density at radius 2 is 2.08 bits per heavy atom. The third kappa shape index (κ3) is 3.08. The van der Waals surface area contributed by atoms with Crippen molar-refractivity contribution in [2.24, 2.45) is 0 Å². The highest BCUT2D eigenvalue weighted by Gasteiger charge is 2.20. The van der Waals surface area contributed by atoms with Crippen LogP contribution in [-0.4, -0.2) is 51.4 Å². The summed E-state index contributed by atoms with van der Waals surface area (Å²) in [6, 6.07) is 7.77. The zero-order valence-corrected chi connectivity index (χ0v) is 15.1. The molecule has 1 aromatic carbocycles. The van der Waals surface area contributed by atoms with Crippen molar-refractivity contribution in [1.82, 2.24) is 20.1 Å². The second kappa shape index (κ2) is 6.88. The van der Waals surface area contributed by atoms with Crippen molar-refractivity contribution in [2.75, 3.05) is 25.5 Å². The van der Waals surface area contributed by atoms with E-state index in [1.54, 1.807) is 12.3 Å². The third-order valence-electron chi connectivity index (χ3n) is 5.03. The molecule has 2 aromatic heterocycles. The molecule has 0 spiro atoms. The molecule has 0 unspecified atom stereocenters. The number of phenols is 1. The van der Waals surface area contributed by atoms with Gasteiger partial charge in [0.05, 0.1) is 0 Å². The highest BCUT2D eigenvalue weighted by Crippen LogP contribution is 2.36. The van der Waals surface area contributed by atoms with E-state index in [-0.39, 0.29) is 5.75 Å². The number of fused-ring (bicyclic) bond motifs is 1. The first-order valence-corrected chi connectivity index (χ1v) is 8.98. The maximum Gasteiger partial charge on any atom is 0.158 e. The highest BCUT2D eigenvalue weighted by atomic mass is 16.3. The van der Waals surface area contributed by atoms with E-state index in [1.165, 1.54) is 6.42 Å². The number of hydrogen-bond donors (Lipinski definition) is 2. The molecule has 1 atom stereocenters. The molecule has 3 heterocycles. The monoisotopic (exact) mass is 349 g/mol. The molecular formula is C20H23N5O. The smallest absolute Gasteiger partial charge is 0.158 e. The van der Waals surface area contributed by atoms with Crippen LogP contribution in [0, 0.1) is 6.92 Å². The lowest BCUT2D eigenvalue weighted by molar-refractivity contribution is 0.261. The second-order valence-corrected chi connectivity index (χ2v) is 7.03. The van der Waals surface area contributed by atoms with Crippen molar-refractivity contribution < 1.29 is 5.11 Å². The van der Waals surface area contributed by atoms with Crippen molar-refractivity contribution in [3.63, 3.8) is 0 Å². The molecule has 1 saturated heterocycles. The number of pyridine rings is 1. The average molecular weight is 349 g/mol.